The lowest BCUT2D eigenvalue weighted by Crippen LogP contribution is -2.51. The van der Waals surface area contributed by atoms with Crippen molar-refractivity contribution >= 4 is 0 Å². The Morgan fingerprint density at radius 3 is 2.74 bits per heavy atom. The van der Waals surface area contributed by atoms with E-state index in [0.717, 1.165) is 19.5 Å². The number of aryl methyl sites for hydroxylation is 1. The lowest BCUT2D eigenvalue weighted by molar-refractivity contribution is 0.195. The second kappa shape index (κ2) is 6.51. The molecule has 1 heterocycles. The smallest absolute Gasteiger partial charge is 0.0374 e. The van der Waals surface area contributed by atoms with Gasteiger partial charge in [-0.15, -0.1) is 0 Å². The summed E-state index contributed by atoms with van der Waals surface area (Å²) in [4.78, 5) is 4.85. The molecule has 1 aromatic rings. The number of nitrogens with zero attached hydrogens (tertiary/aromatic N) is 2. The largest absolute Gasteiger partial charge is 0.326 e. The van der Waals surface area contributed by atoms with Crippen LogP contribution in [0.1, 0.15) is 17.5 Å². The first-order valence-corrected chi connectivity index (χ1v) is 7.27. The molecule has 0 spiro atoms. The highest BCUT2D eigenvalue weighted by atomic mass is 15.2. The van der Waals surface area contributed by atoms with E-state index in [-0.39, 0.29) is 6.04 Å². The Kier molecular flexibility index (Phi) is 4.97. The van der Waals surface area contributed by atoms with Gasteiger partial charge in [-0.25, -0.2) is 0 Å². The number of rotatable bonds is 3. The van der Waals surface area contributed by atoms with Crippen LogP contribution in [0.5, 0.6) is 0 Å². The molecule has 2 unspecified atom stereocenters. The highest BCUT2D eigenvalue weighted by Crippen LogP contribution is 2.15. The highest BCUT2D eigenvalue weighted by Gasteiger charge is 2.26. The predicted octanol–water partition coefficient (Wildman–Crippen LogP) is 1.50. The van der Waals surface area contributed by atoms with Crippen molar-refractivity contribution in [3.05, 3.63) is 35.4 Å². The molecule has 0 aliphatic carbocycles. The van der Waals surface area contributed by atoms with E-state index in [2.05, 4.69) is 55.1 Å². The molecule has 3 nitrogen and oxygen atoms in total. The van der Waals surface area contributed by atoms with E-state index < -0.39 is 0 Å². The van der Waals surface area contributed by atoms with Crippen molar-refractivity contribution in [3.8, 4) is 0 Å². The minimum absolute atomic E-state index is 0.201. The fraction of sp³-hybridized carbons (Fsp3) is 0.625. The van der Waals surface area contributed by atoms with Gasteiger partial charge >= 0.3 is 0 Å². The number of benzene rings is 1. The van der Waals surface area contributed by atoms with Crippen LogP contribution in [0.3, 0.4) is 0 Å². The van der Waals surface area contributed by atoms with Crippen molar-refractivity contribution < 1.29 is 0 Å². The normalized spacial score (nSPS) is 24.1. The molecule has 3 heteroatoms. The first-order chi connectivity index (χ1) is 9.08. The van der Waals surface area contributed by atoms with Crippen molar-refractivity contribution in [1.82, 2.24) is 9.80 Å². The highest BCUT2D eigenvalue weighted by molar-refractivity contribution is 5.26. The quantitative estimate of drug-likeness (QED) is 0.895. The lowest BCUT2D eigenvalue weighted by atomic mass is 9.96. The third kappa shape index (κ3) is 3.78. The van der Waals surface area contributed by atoms with Crippen molar-refractivity contribution in [2.45, 2.75) is 31.8 Å². The van der Waals surface area contributed by atoms with Crippen LogP contribution in [0.25, 0.3) is 0 Å². The Morgan fingerprint density at radius 2 is 2.00 bits per heavy atom. The SMILES string of the molecule is Cc1ccccc1CC(N)C1CN(C)CCCN1C. The third-order valence-electron chi connectivity index (χ3n) is 4.33. The molecule has 19 heavy (non-hydrogen) atoms. The van der Waals surface area contributed by atoms with Gasteiger partial charge in [0.25, 0.3) is 0 Å². The zero-order chi connectivity index (χ0) is 13.8. The summed E-state index contributed by atoms with van der Waals surface area (Å²) in [5.41, 5.74) is 9.24. The second-order valence-corrected chi connectivity index (χ2v) is 5.96. The molecular weight excluding hydrogens is 234 g/mol. The second-order valence-electron chi connectivity index (χ2n) is 5.96. The molecule has 1 aliphatic heterocycles. The molecule has 0 amide bonds. The Hall–Kier alpha value is -0.900. The van der Waals surface area contributed by atoms with Crippen LogP contribution in [0.2, 0.25) is 0 Å². The number of likely N-dealkylation sites (N-methyl/N-ethyl adjacent to an activating group) is 2. The zero-order valence-electron chi connectivity index (χ0n) is 12.5. The van der Waals surface area contributed by atoms with Gasteiger partial charge in [-0.3, -0.25) is 0 Å². The molecule has 1 fully saturated rings. The van der Waals surface area contributed by atoms with Crippen molar-refractivity contribution in [1.29, 1.82) is 0 Å². The summed E-state index contributed by atoms with van der Waals surface area (Å²) in [7, 11) is 4.41. The summed E-state index contributed by atoms with van der Waals surface area (Å²) in [5, 5.41) is 0. The van der Waals surface area contributed by atoms with E-state index in [9.17, 15) is 0 Å². The lowest BCUT2D eigenvalue weighted by Gasteiger charge is -2.32. The molecule has 0 aromatic heterocycles. The van der Waals surface area contributed by atoms with Crippen LogP contribution in [-0.2, 0) is 6.42 Å². The third-order valence-corrected chi connectivity index (χ3v) is 4.33. The van der Waals surface area contributed by atoms with Crippen molar-refractivity contribution in [2.75, 3.05) is 33.7 Å². The molecule has 2 rings (SSSR count). The summed E-state index contributed by atoms with van der Waals surface area (Å²) in [6, 6.07) is 9.23. The molecule has 1 saturated heterocycles. The fourth-order valence-corrected chi connectivity index (χ4v) is 3.00. The van der Waals surface area contributed by atoms with E-state index in [4.69, 9.17) is 5.73 Å². The molecule has 2 atom stereocenters. The first-order valence-electron chi connectivity index (χ1n) is 7.27. The molecule has 0 radical (unpaired) electrons. The van der Waals surface area contributed by atoms with Gasteiger partial charge in [0, 0.05) is 18.6 Å². The summed E-state index contributed by atoms with van der Waals surface area (Å²) in [6.07, 6.45) is 2.20. The van der Waals surface area contributed by atoms with E-state index in [1.54, 1.807) is 0 Å². The number of nitrogens with two attached hydrogens (primary N) is 1. The maximum absolute atomic E-state index is 6.50. The fourth-order valence-electron chi connectivity index (χ4n) is 3.00. The topological polar surface area (TPSA) is 32.5 Å². The van der Waals surface area contributed by atoms with Crippen LogP contribution >= 0.6 is 0 Å². The van der Waals surface area contributed by atoms with Gasteiger partial charge in [0.05, 0.1) is 0 Å². The monoisotopic (exact) mass is 261 g/mol. The molecule has 1 aromatic carbocycles. The average molecular weight is 261 g/mol. The molecule has 1 aliphatic rings. The Morgan fingerprint density at radius 1 is 1.26 bits per heavy atom. The van der Waals surface area contributed by atoms with Crippen LogP contribution in [0.4, 0.5) is 0 Å². The molecule has 0 saturated carbocycles. The molecular formula is C16H27N3. The summed E-state index contributed by atoms with van der Waals surface area (Å²) in [6.45, 7) is 5.57. The van der Waals surface area contributed by atoms with Gasteiger partial charge in [0.2, 0.25) is 0 Å². The average Bonchev–Trinajstić information content (AvgIpc) is 2.54. The predicted molar refractivity (Wildman–Crippen MR) is 81.4 cm³/mol. The van der Waals surface area contributed by atoms with E-state index in [1.165, 1.54) is 24.1 Å². The summed E-state index contributed by atoms with van der Waals surface area (Å²) in [5.74, 6) is 0. The maximum atomic E-state index is 6.50. The summed E-state index contributed by atoms with van der Waals surface area (Å²) >= 11 is 0. The Balaban J connectivity index is 2.05. The van der Waals surface area contributed by atoms with Gasteiger partial charge < -0.3 is 15.5 Å². The first kappa shape index (κ1) is 14.5. The van der Waals surface area contributed by atoms with Crippen LogP contribution in [0, 0.1) is 6.92 Å². The number of hydrogen-bond acceptors (Lipinski definition) is 3. The van der Waals surface area contributed by atoms with Gasteiger partial charge in [0.1, 0.15) is 0 Å². The zero-order valence-corrected chi connectivity index (χ0v) is 12.5. The standard InChI is InChI=1S/C16H27N3/c1-13-7-4-5-8-14(13)11-15(17)16-12-18(2)9-6-10-19(16)3/h4-5,7-8,15-16H,6,9-12,17H2,1-3H3. The van der Waals surface area contributed by atoms with Gasteiger partial charge in [-0.1, -0.05) is 24.3 Å². The van der Waals surface area contributed by atoms with E-state index in [1.807, 2.05) is 0 Å². The van der Waals surface area contributed by atoms with Crippen LogP contribution < -0.4 is 5.73 Å². The van der Waals surface area contributed by atoms with Crippen molar-refractivity contribution in [2.24, 2.45) is 5.73 Å². The molecule has 2 N–H and O–H groups in total. The Labute approximate surface area is 117 Å². The summed E-state index contributed by atoms with van der Waals surface area (Å²) < 4.78 is 0. The minimum atomic E-state index is 0.201. The number of hydrogen-bond donors (Lipinski definition) is 1. The molecule has 106 valence electrons. The van der Waals surface area contributed by atoms with Gasteiger partial charge in [0.15, 0.2) is 0 Å². The molecule has 0 bridgehead atoms. The van der Waals surface area contributed by atoms with Crippen LogP contribution in [-0.4, -0.2) is 55.6 Å². The van der Waals surface area contributed by atoms with Crippen LogP contribution in [0.15, 0.2) is 24.3 Å². The van der Waals surface area contributed by atoms with Gasteiger partial charge in [-0.2, -0.15) is 0 Å². The van der Waals surface area contributed by atoms with E-state index >= 15 is 0 Å². The maximum Gasteiger partial charge on any atom is 0.0374 e. The van der Waals surface area contributed by atoms with Gasteiger partial charge in [-0.05, 0) is 58.1 Å². The van der Waals surface area contributed by atoms with Crippen molar-refractivity contribution in [3.63, 3.8) is 0 Å². The Bertz CT molecular complexity index is 405. The van der Waals surface area contributed by atoms with E-state index in [0.29, 0.717) is 6.04 Å². The minimum Gasteiger partial charge on any atom is -0.326 e.